The molecule has 2 N–H and O–H groups in total. The van der Waals surface area contributed by atoms with E-state index in [4.69, 9.17) is 10.7 Å². The Morgan fingerprint density at radius 1 is 1.61 bits per heavy atom. The van der Waals surface area contributed by atoms with Crippen molar-refractivity contribution in [3.63, 3.8) is 0 Å². The van der Waals surface area contributed by atoms with Crippen LogP contribution >= 0.6 is 23.1 Å². The highest BCUT2D eigenvalue weighted by Gasteiger charge is 2.18. The van der Waals surface area contributed by atoms with Gasteiger partial charge in [0.15, 0.2) is 10.8 Å². The second kappa shape index (κ2) is 5.95. The zero-order chi connectivity index (χ0) is 13.1. The number of hydrogen-bond acceptors (Lipinski definition) is 5. The molecule has 0 fully saturated rings. The molecule has 0 saturated carbocycles. The average Bonchev–Trinajstić information content (AvgIpc) is 2.94. The van der Waals surface area contributed by atoms with Crippen LogP contribution in [0.5, 0.6) is 0 Å². The number of thiazole rings is 1. The monoisotopic (exact) mass is 284 g/mol. The van der Waals surface area contributed by atoms with E-state index in [0.717, 1.165) is 22.9 Å². The fourth-order valence-electron chi connectivity index (χ4n) is 1.98. The molecule has 0 aliphatic heterocycles. The van der Waals surface area contributed by atoms with Crippen LogP contribution in [0.15, 0.2) is 11.6 Å². The van der Waals surface area contributed by atoms with Gasteiger partial charge in [-0.05, 0) is 25.4 Å². The van der Waals surface area contributed by atoms with E-state index in [1.54, 1.807) is 11.3 Å². The Morgan fingerprint density at radius 2 is 2.39 bits per heavy atom. The largest absolute Gasteiger partial charge is 0.355 e. The van der Waals surface area contributed by atoms with Crippen LogP contribution in [0.2, 0.25) is 0 Å². The van der Waals surface area contributed by atoms with E-state index in [9.17, 15) is 0 Å². The van der Waals surface area contributed by atoms with Gasteiger partial charge in [0.25, 0.3) is 0 Å². The molecule has 0 aromatic carbocycles. The van der Waals surface area contributed by atoms with Gasteiger partial charge in [-0.15, -0.1) is 11.3 Å². The summed E-state index contributed by atoms with van der Waals surface area (Å²) in [6, 6.07) is 0.479. The number of imidazole rings is 1. The number of thioether (sulfide) groups is 1. The summed E-state index contributed by atoms with van der Waals surface area (Å²) in [6.45, 7) is 2.76. The third-order valence-corrected chi connectivity index (χ3v) is 4.67. The van der Waals surface area contributed by atoms with Gasteiger partial charge in [-0.25, -0.2) is 4.98 Å². The van der Waals surface area contributed by atoms with Gasteiger partial charge in [-0.1, -0.05) is 0 Å². The summed E-state index contributed by atoms with van der Waals surface area (Å²) in [5.74, 6) is 2.20. The number of fused-ring (bicyclic) bond motifs is 1. The Morgan fingerprint density at radius 3 is 3.06 bits per heavy atom. The first-order valence-corrected chi connectivity index (χ1v) is 8.32. The number of rotatable bonds is 6. The molecular formula is C12H20N4S2. The summed E-state index contributed by atoms with van der Waals surface area (Å²) in [7, 11) is 2.11. The summed E-state index contributed by atoms with van der Waals surface area (Å²) in [5, 5.41) is 2.04. The molecular weight excluding hydrogens is 264 g/mol. The lowest BCUT2D eigenvalue weighted by molar-refractivity contribution is 0.660. The molecule has 0 spiro atoms. The maximum absolute atomic E-state index is 5.87. The molecule has 0 saturated heterocycles. The van der Waals surface area contributed by atoms with Gasteiger partial charge < -0.3 is 10.6 Å². The molecule has 18 heavy (non-hydrogen) atoms. The van der Waals surface area contributed by atoms with Crippen LogP contribution in [-0.4, -0.2) is 34.5 Å². The normalized spacial score (nSPS) is 13.1. The Hall–Kier alpha value is -0.720. The molecule has 0 aliphatic rings. The van der Waals surface area contributed by atoms with E-state index in [0.29, 0.717) is 12.6 Å². The lowest BCUT2D eigenvalue weighted by Crippen LogP contribution is -2.30. The molecule has 2 rings (SSSR count). The van der Waals surface area contributed by atoms with Crippen molar-refractivity contribution >= 4 is 33.9 Å². The van der Waals surface area contributed by atoms with E-state index in [1.165, 1.54) is 5.75 Å². The SMILES string of the molecule is CSCCC(C)N(C)c1nc2sccn2c1CN. The van der Waals surface area contributed by atoms with Crippen LogP contribution in [0.1, 0.15) is 19.0 Å². The number of aromatic nitrogens is 2. The van der Waals surface area contributed by atoms with Crippen molar-refractivity contribution in [1.82, 2.24) is 9.38 Å². The van der Waals surface area contributed by atoms with Crippen LogP contribution in [0.25, 0.3) is 4.96 Å². The molecule has 1 atom stereocenters. The molecule has 4 nitrogen and oxygen atoms in total. The first kappa shape index (κ1) is 13.7. The van der Waals surface area contributed by atoms with Gasteiger partial charge in [-0.2, -0.15) is 11.8 Å². The van der Waals surface area contributed by atoms with E-state index in [1.807, 2.05) is 23.3 Å². The summed E-state index contributed by atoms with van der Waals surface area (Å²) >= 11 is 3.53. The van der Waals surface area contributed by atoms with E-state index < -0.39 is 0 Å². The zero-order valence-corrected chi connectivity index (χ0v) is 12.7. The van der Waals surface area contributed by atoms with Crippen molar-refractivity contribution in [1.29, 1.82) is 0 Å². The molecule has 0 amide bonds. The third-order valence-electron chi connectivity index (χ3n) is 3.27. The quantitative estimate of drug-likeness (QED) is 0.885. The summed E-state index contributed by atoms with van der Waals surface area (Å²) in [5.41, 5.74) is 6.97. The standard InChI is InChI=1S/C12H20N4S2/c1-9(4-6-17-3)15(2)11-10(8-13)16-5-7-18-12(16)14-11/h5,7,9H,4,6,8,13H2,1-3H3. The third kappa shape index (κ3) is 2.50. The lowest BCUT2D eigenvalue weighted by atomic mass is 10.2. The van der Waals surface area contributed by atoms with Gasteiger partial charge in [0.1, 0.15) is 0 Å². The average molecular weight is 284 g/mol. The van der Waals surface area contributed by atoms with E-state index in [-0.39, 0.29) is 0 Å². The molecule has 2 heterocycles. The number of nitrogens with zero attached hydrogens (tertiary/aromatic N) is 3. The summed E-state index contributed by atoms with van der Waals surface area (Å²) < 4.78 is 2.10. The second-order valence-corrected chi connectivity index (χ2v) is 6.24. The minimum atomic E-state index is 0.479. The van der Waals surface area contributed by atoms with Gasteiger partial charge in [0.05, 0.1) is 5.69 Å². The molecule has 0 bridgehead atoms. The molecule has 0 aliphatic carbocycles. The first-order valence-electron chi connectivity index (χ1n) is 6.05. The maximum atomic E-state index is 5.87. The predicted molar refractivity (Wildman–Crippen MR) is 81.8 cm³/mol. The Kier molecular flexibility index (Phi) is 4.53. The highest BCUT2D eigenvalue weighted by Crippen LogP contribution is 2.25. The molecule has 2 aromatic heterocycles. The zero-order valence-electron chi connectivity index (χ0n) is 11.1. The first-order chi connectivity index (χ1) is 8.69. The van der Waals surface area contributed by atoms with Gasteiger partial charge >= 0.3 is 0 Å². The second-order valence-electron chi connectivity index (χ2n) is 4.38. The molecule has 0 radical (unpaired) electrons. The number of nitrogens with two attached hydrogens (primary N) is 1. The number of hydrogen-bond donors (Lipinski definition) is 1. The Balaban J connectivity index is 2.26. The van der Waals surface area contributed by atoms with E-state index in [2.05, 4.69) is 29.5 Å². The minimum Gasteiger partial charge on any atom is -0.355 e. The summed E-state index contributed by atoms with van der Waals surface area (Å²) in [6.07, 6.45) is 5.34. The van der Waals surface area contributed by atoms with Crippen molar-refractivity contribution in [2.24, 2.45) is 5.73 Å². The van der Waals surface area contributed by atoms with E-state index >= 15 is 0 Å². The molecule has 6 heteroatoms. The smallest absolute Gasteiger partial charge is 0.195 e. The molecule has 1 unspecified atom stereocenters. The van der Waals surface area contributed by atoms with Crippen LogP contribution in [0.3, 0.4) is 0 Å². The Labute approximate surface area is 116 Å². The predicted octanol–water partition coefficient (Wildman–Crippen LogP) is 2.43. The van der Waals surface area contributed by atoms with Crippen molar-refractivity contribution < 1.29 is 0 Å². The van der Waals surface area contributed by atoms with Crippen LogP contribution in [-0.2, 0) is 6.54 Å². The van der Waals surface area contributed by atoms with Gasteiger partial charge in [0.2, 0.25) is 0 Å². The highest BCUT2D eigenvalue weighted by atomic mass is 32.2. The molecule has 2 aromatic rings. The van der Waals surface area contributed by atoms with Crippen molar-refractivity contribution in [2.45, 2.75) is 25.9 Å². The minimum absolute atomic E-state index is 0.479. The number of anilines is 1. The topological polar surface area (TPSA) is 46.6 Å². The lowest BCUT2D eigenvalue weighted by Gasteiger charge is -2.25. The van der Waals surface area contributed by atoms with Crippen molar-refractivity contribution in [2.75, 3.05) is 24.0 Å². The van der Waals surface area contributed by atoms with Crippen LogP contribution in [0, 0.1) is 0 Å². The van der Waals surface area contributed by atoms with Crippen molar-refractivity contribution in [3.05, 3.63) is 17.3 Å². The maximum Gasteiger partial charge on any atom is 0.195 e. The Bertz CT molecular complexity index is 505. The summed E-state index contributed by atoms with van der Waals surface area (Å²) in [4.78, 5) is 7.96. The van der Waals surface area contributed by atoms with Gasteiger partial charge in [0, 0.05) is 31.2 Å². The fraction of sp³-hybridized carbons (Fsp3) is 0.583. The fourth-order valence-corrected chi connectivity index (χ4v) is 3.29. The van der Waals surface area contributed by atoms with Crippen LogP contribution in [0.4, 0.5) is 5.82 Å². The highest BCUT2D eigenvalue weighted by molar-refractivity contribution is 7.98. The van der Waals surface area contributed by atoms with Crippen LogP contribution < -0.4 is 10.6 Å². The van der Waals surface area contributed by atoms with Gasteiger partial charge in [-0.3, -0.25) is 4.40 Å². The molecule has 100 valence electrons. The van der Waals surface area contributed by atoms with Crippen molar-refractivity contribution in [3.8, 4) is 0 Å².